The number of ether oxygens (including phenoxy) is 4. The Labute approximate surface area is 372 Å². The van der Waals surface area contributed by atoms with Gasteiger partial charge in [-0.3, -0.25) is 0 Å². The van der Waals surface area contributed by atoms with Crippen molar-refractivity contribution in [3.8, 4) is 0 Å². The molecule has 7 rings (SSSR count). The van der Waals surface area contributed by atoms with E-state index in [9.17, 15) is 0 Å². The number of benzene rings is 6. The lowest BCUT2D eigenvalue weighted by molar-refractivity contribution is -0.188. The molecule has 0 saturated carbocycles. The van der Waals surface area contributed by atoms with Crippen molar-refractivity contribution < 1.29 is 23.7 Å². The first kappa shape index (κ1) is 45.4. The maximum absolute atomic E-state index is 16.0. The average Bonchev–Trinajstić information content (AvgIpc) is 3.32. The number of rotatable bonds is 20. The van der Waals surface area contributed by atoms with Gasteiger partial charge in [-0.25, -0.2) is 4.79 Å². The Morgan fingerprint density at radius 2 is 0.823 bits per heavy atom. The van der Waals surface area contributed by atoms with Crippen molar-refractivity contribution >= 4 is 43.7 Å². The van der Waals surface area contributed by atoms with E-state index < -0.39 is 40.4 Å². The van der Waals surface area contributed by atoms with Crippen LogP contribution in [0.5, 0.6) is 0 Å². The molecule has 6 aromatic rings. The van der Waals surface area contributed by atoms with Gasteiger partial charge in [-0.2, -0.15) is 0 Å². The van der Waals surface area contributed by atoms with Crippen LogP contribution in [0.25, 0.3) is 21.5 Å². The molecule has 62 heavy (non-hydrogen) atoms. The van der Waals surface area contributed by atoms with Gasteiger partial charge in [-0.15, -0.1) is 0 Å². The molecule has 1 saturated heterocycles. The van der Waals surface area contributed by atoms with Gasteiger partial charge in [0.1, 0.15) is 25.8 Å². The number of amides is 2. The quantitative estimate of drug-likeness (QED) is 0.0435. The molecule has 0 aliphatic carbocycles. The van der Waals surface area contributed by atoms with E-state index in [-0.39, 0.29) is 19.6 Å². The van der Waals surface area contributed by atoms with E-state index in [1.54, 1.807) is 0 Å². The third-order valence-corrected chi connectivity index (χ3v) is 15.4. The second kappa shape index (κ2) is 21.2. The Kier molecular flexibility index (Phi) is 15.5. The Balaban J connectivity index is 1.37. The van der Waals surface area contributed by atoms with Gasteiger partial charge in [0.2, 0.25) is 0 Å². The maximum Gasteiger partial charge on any atom is 0.321 e. The minimum absolute atomic E-state index is 0.0489. The van der Waals surface area contributed by atoms with Crippen LogP contribution in [-0.2, 0) is 44.9 Å². The molecule has 9 heteroatoms. The lowest BCUT2D eigenvalue weighted by Crippen LogP contribution is -2.53. The molecule has 6 aromatic carbocycles. The molecule has 1 heterocycles. The summed E-state index contributed by atoms with van der Waals surface area (Å²) >= 11 is 0. The van der Waals surface area contributed by atoms with Gasteiger partial charge in [0, 0.05) is 42.5 Å². The fraction of sp³-hybridized carbons (Fsp3) is 0.377. The molecule has 1 fully saturated rings. The van der Waals surface area contributed by atoms with Crippen LogP contribution in [0.2, 0.25) is 51.4 Å². The Morgan fingerprint density at radius 1 is 0.452 bits per heavy atom. The van der Waals surface area contributed by atoms with Gasteiger partial charge in [0.05, 0.1) is 12.1 Å². The van der Waals surface area contributed by atoms with Crippen LogP contribution in [0, 0.1) is 0 Å². The predicted octanol–water partition coefficient (Wildman–Crippen LogP) is 12.0. The van der Waals surface area contributed by atoms with Crippen molar-refractivity contribution in [3.05, 3.63) is 168 Å². The van der Waals surface area contributed by atoms with E-state index in [0.29, 0.717) is 39.1 Å². The maximum atomic E-state index is 16.0. The second-order valence-corrected chi connectivity index (χ2v) is 30.6. The first-order chi connectivity index (χ1) is 29.9. The summed E-state index contributed by atoms with van der Waals surface area (Å²) in [6.07, 6.45) is 0.000370. The summed E-state index contributed by atoms with van der Waals surface area (Å²) in [5, 5.41) is 4.61. The predicted molar refractivity (Wildman–Crippen MR) is 260 cm³/mol. The van der Waals surface area contributed by atoms with Crippen molar-refractivity contribution in [2.45, 2.75) is 102 Å². The van der Waals surface area contributed by atoms with E-state index in [4.69, 9.17) is 18.9 Å². The minimum atomic E-state index is -1.35. The third kappa shape index (κ3) is 12.7. The summed E-state index contributed by atoms with van der Waals surface area (Å²) in [6, 6.07) is 52.0. The van der Waals surface area contributed by atoms with Gasteiger partial charge in [-0.1, -0.05) is 173 Å². The number of hydrogen-bond donors (Lipinski definition) is 0. The monoisotopic (exact) mass is 866 g/mol. The molecule has 7 nitrogen and oxygen atoms in total. The lowest BCUT2D eigenvalue weighted by atomic mass is 9.90. The molecular weight excluding hydrogens is 801 g/mol. The first-order valence-corrected chi connectivity index (χ1v) is 29.8. The summed E-state index contributed by atoms with van der Waals surface area (Å²) in [7, 11) is -2.70. The molecule has 0 bridgehead atoms. The van der Waals surface area contributed by atoms with Crippen LogP contribution in [0.3, 0.4) is 0 Å². The molecule has 0 radical (unpaired) electrons. The number of carbonyl (C=O) groups excluding carboxylic acids is 1. The lowest BCUT2D eigenvalue weighted by Gasteiger charge is -2.38. The fourth-order valence-electron chi connectivity index (χ4n) is 8.38. The molecule has 1 aliphatic rings. The highest BCUT2D eigenvalue weighted by Gasteiger charge is 2.49. The van der Waals surface area contributed by atoms with Crippen LogP contribution >= 0.6 is 0 Å². The van der Waals surface area contributed by atoms with Gasteiger partial charge in [0.15, 0.2) is 0 Å². The van der Waals surface area contributed by atoms with Crippen molar-refractivity contribution in [2.75, 3.05) is 26.8 Å². The van der Waals surface area contributed by atoms with E-state index in [2.05, 4.69) is 183 Å². The SMILES string of the molecule is C[Si](C)(C)CCOCO[C@@H]1[C@@H](OCOCC[Si](C)(C)C)[C@@H](Cc2ccccc2)N(Cc2ccc3ccccc3c2)C(=O)N(Cc2ccc3ccccc3c2)[C@@H]1Cc1ccccc1. The van der Waals surface area contributed by atoms with E-state index in [1.807, 2.05) is 12.1 Å². The Hall–Kier alpha value is -4.62. The molecular formula is C53H66N2O5Si2. The highest BCUT2D eigenvalue weighted by Crippen LogP contribution is 2.34. The Bertz CT molecular complexity index is 2170. The van der Waals surface area contributed by atoms with Gasteiger partial charge < -0.3 is 28.7 Å². The van der Waals surface area contributed by atoms with Crippen LogP contribution in [0.1, 0.15) is 22.3 Å². The molecule has 0 unspecified atom stereocenters. The summed E-state index contributed by atoms with van der Waals surface area (Å²) in [5.74, 6) is 0. The van der Waals surface area contributed by atoms with Crippen molar-refractivity contribution in [3.63, 3.8) is 0 Å². The zero-order chi connectivity index (χ0) is 43.5. The van der Waals surface area contributed by atoms with Crippen molar-refractivity contribution in [1.29, 1.82) is 0 Å². The van der Waals surface area contributed by atoms with Crippen LogP contribution in [0.15, 0.2) is 146 Å². The normalized spacial score (nSPS) is 18.7. The van der Waals surface area contributed by atoms with E-state index >= 15 is 4.79 Å². The Morgan fingerprint density at radius 3 is 1.21 bits per heavy atom. The standard InChI is InChI=1S/C53H66N2O5Si2/c1-61(2,3)31-29-57-39-59-51-49(35-41-17-9-7-10-18-41)54(37-43-25-27-45-21-13-15-23-47(45)33-43)53(56)55(38-44-26-28-46-22-14-16-24-48(46)34-44)50(36-42-19-11-8-12-20-42)52(51)60-40-58-30-32-62(4,5)6/h7-28,33-34,49-52H,29-32,35-40H2,1-6H3/t49-,50-,51+,52+/m1/s1. The first-order valence-electron chi connectivity index (χ1n) is 22.4. The van der Waals surface area contributed by atoms with Gasteiger partial charge in [0.25, 0.3) is 0 Å². The van der Waals surface area contributed by atoms with Gasteiger partial charge >= 0.3 is 6.03 Å². The summed E-state index contributed by atoms with van der Waals surface area (Å²) in [6.45, 7) is 16.4. The van der Waals surface area contributed by atoms with E-state index in [1.165, 1.54) is 10.8 Å². The summed E-state index contributed by atoms with van der Waals surface area (Å²) < 4.78 is 26.9. The van der Waals surface area contributed by atoms with Gasteiger partial charge in [-0.05, 0) is 80.9 Å². The molecule has 1 aliphatic heterocycles. The third-order valence-electron chi connectivity index (χ3n) is 12.0. The summed E-state index contributed by atoms with van der Waals surface area (Å²) in [4.78, 5) is 20.2. The highest BCUT2D eigenvalue weighted by atomic mass is 28.3. The zero-order valence-electron chi connectivity index (χ0n) is 37.7. The number of fused-ring (bicyclic) bond motifs is 2. The largest absolute Gasteiger partial charge is 0.356 e. The molecule has 4 atom stereocenters. The molecule has 2 amide bonds. The minimum Gasteiger partial charge on any atom is -0.356 e. The van der Waals surface area contributed by atoms with E-state index in [0.717, 1.165) is 45.1 Å². The number of urea groups is 1. The highest BCUT2D eigenvalue weighted by molar-refractivity contribution is 6.76. The van der Waals surface area contributed by atoms with Crippen molar-refractivity contribution in [2.24, 2.45) is 0 Å². The van der Waals surface area contributed by atoms with Crippen LogP contribution < -0.4 is 0 Å². The summed E-state index contributed by atoms with van der Waals surface area (Å²) in [5.41, 5.74) is 4.35. The molecule has 0 aromatic heterocycles. The molecule has 326 valence electrons. The smallest absolute Gasteiger partial charge is 0.321 e. The van der Waals surface area contributed by atoms with Crippen molar-refractivity contribution in [1.82, 2.24) is 9.80 Å². The fourth-order valence-corrected chi connectivity index (χ4v) is 9.90. The van der Waals surface area contributed by atoms with Crippen LogP contribution in [-0.4, -0.2) is 83.1 Å². The number of hydrogen-bond acceptors (Lipinski definition) is 5. The zero-order valence-corrected chi connectivity index (χ0v) is 39.7. The second-order valence-electron chi connectivity index (χ2n) is 19.4. The number of nitrogens with zero attached hydrogens (tertiary/aromatic N) is 2. The number of carbonyl (C=O) groups is 1. The molecule has 0 N–H and O–H groups in total. The molecule has 0 spiro atoms. The topological polar surface area (TPSA) is 60.5 Å². The van der Waals surface area contributed by atoms with Crippen LogP contribution in [0.4, 0.5) is 4.79 Å². The average molecular weight is 867 g/mol.